The number of nitrogens with one attached hydrogen (secondary N) is 1. The van der Waals surface area contributed by atoms with Gasteiger partial charge in [-0.25, -0.2) is 4.79 Å². The van der Waals surface area contributed by atoms with Crippen molar-refractivity contribution in [3.8, 4) is 5.75 Å². The number of aromatic carboxylic acids is 1. The summed E-state index contributed by atoms with van der Waals surface area (Å²) in [6.45, 7) is 1.64. The highest BCUT2D eigenvalue weighted by atomic mass is 16.4. The van der Waals surface area contributed by atoms with Gasteiger partial charge in [-0.2, -0.15) is 5.10 Å². The Kier molecular flexibility index (Phi) is 3.69. The van der Waals surface area contributed by atoms with Crippen LogP contribution in [-0.4, -0.2) is 31.9 Å². The van der Waals surface area contributed by atoms with Gasteiger partial charge in [0.2, 0.25) is 5.91 Å². The van der Waals surface area contributed by atoms with E-state index in [1.807, 2.05) is 0 Å². The van der Waals surface area contributed by atoms with Crippen LogP contribution < -0.4 is 5.32 Å². The smallest absolute Gasteiger partial charge is 0.335 e. The Morgan fingerprint density at radius 2 is 2.15 bits per heavy atom. The zero-order chi connectivity index (χ0) is 14.7. The lowest BCUT2D eigenvalue weighted by Crippen LogP contribution is -2.24. The van der Waals surface area contributed by atoms with Gasteiger partial charge in [0, 0.05) is 12.4 Å². The fourth-order valence-electron chi connectivity index (χ4n) is 1.64. The summed E-state index contributed by atoms with van der Waals surface area (Å²) in [6.07, 6.45) is 3.18. The van der Waals surface area contributed by atoms with Gasteiger partial charge in [-0.3, -0.25) is 9.48 Å². The highest BCUT2D eigenvalue weighted by Gasteiger charge is 2.17. The molecule has 1 atom stereocenters. The van der Waals surface area contributed by atoms with E-state index in [0.29, 0.717) is 0 Å². The fraction of sp³-hybridized carbons (Fsp3) is 0.154. The van der Waals surface area contributed by atoms with E-state index in [1.54, 1.807) is 25.4 Å². The SMILES string of the molecule is CC(C(=O)Nc1cc(C(=O)O)ccc1O)n1cccn1. The van der Waals surface area contributed by atoms with Crippen LogP contribution >= 0.6 is 0 Å². The van der Waals surface area contributed by atoms with Crippen LogP contribution in [0.4, 0.5) is 5.69 Å². The lowest BCUT2D eigenvalue weighted by molar-refractivity contribution is -0.119. The molecular weight excluding hydrogens is 262 g/mol. The zero-order valence-corrected chi connectivity index (χ0v) is 10.6. The molecule has 0 radical (unpaired) electrons. The first kappa shape index (κ1) is 13.6. The van der Waals surface area contributed by atoms with Crippen molar-refractivity contribution in [2.75, 3.05) is 5.32 Å². The Bertz CT molecular complexity index is 637. The molecule has 3 N–H and O–H groups in total. The van der Waals surface area contributed by atoms with Crippen LogP contribution in [0, 0.1) is 0 Å². The normalized spacial score (nSPS) is 11.8. The molecule has 2 aromatic rings. The number of phenolic OH excluding ortho intramolecular Hbond substituents is 1. The molecule has 0 fully saturated rings. The van der Waals surface area contributed by atoms with Crippen LogP contribution in [-0.2, 0) is 4.79 Å². The summed E-state index contributed by atoms with van der Waals surface area (Å²) < 4.78 is 1.45. The minimum absolute atomic E-state index is 0.0233. The average molecular weight is 275 g/mol. The second-order valence-electron chi connectivity index (χ2n) is 4.19. The molecule has 20 heavy (non-hydrogen) atoms. The van der Waals surface area contributed by atoms with Gasteiger partial charge in [0.1, 0.15) is 11.8 Å². The highest BCUT2D eigenvalue weighted by molar-refractivity contribution is 5.97. The average Bonchev–Trinajstić information content (AvgIpc) is 2.94. The van der Waals surface area contributed by atoms with E-state index in [-0.39, 0.29) is 17.0 Å². The van der Waals surface area contributed by atoms with Crippen LogP contribution in [0.2, 0.25) is 0 Å². The predicted molar refractivity (Wildman–Crippen MR) is 70.6 cm³/mol. The largest absolute Gasteiger partial charge is 0.506 e. The summed E-state index contributed by atoms with van der Waals surface area (Å²) >= 11 is 0. The number of carboxylic acids is 1. The third-order valence-electron chi connectivity index (χ3n) is 2.80. The van der Waals surface area contributed by atoms with Crippen LogP contribution in [0.5, 0.6) is 5.75 Å². The number of amides is 1. The molecule has 0 saturated heterocycles. The summed E-state index contributed by atoms with van der Waals surface area (Å²) in [5.41, 5.74) is 0.0266. The molecule has 1 heterocycles. The molecule has 0 bridgehead atoms. The van der Waals surface area contributed by atoms with Crippen molar-refractivity contribution in [3.63, 3.8) is 0 Å². The molecule has 0 aliphatic rings. The lowest BCUT2D eigenvalue weighted by Gasteiger charge is -2.13. The number of anilines is 1. The van der Waals surface area contributed by atoms with Crippen LogP contribution in [0.25, 0.3) is 0 Å². The second-order valence-corrected chi connectivity index (χ2v) is 4.19. The number of hydrogen-bond donors (Lipinski definition) is 3. The summed E-state index contributed by atoms with van der Waals surface area (Å²) in [4.78, 5) is 22.9. The van der Waals surface area contributed by atoms with Crippen LogP contribution in [0.1, 0.15) is 23.3 Å². The number of carboxylic acid groups (broad SMARTS) is 1. The topological polar surface area (TPSA) is 104 Å². The maximum Gasteiger partial charge on any atom is 0.335 e. The highest BCUT2D eigenvalue weighted by Crippen LogP contribution is 2.25. The van der Waals surface area contributed by atoms with E-state index < -0.39 is 17.9 Å². The second kappa shape index (κ2) is 5.43. The van der Waals surface area contributed by atoms with Crippen LogP contribution in [0.3, 0.4) is 0 Å². The van der Waals surface area contributed by atoms with Crippen molar-refractivity contribution >= 4 is 17.6 Å². The molecule has 104 valence electrons. The number of aromatic hydroxyl groups is 1. The minimum atomic E-state index is -1.14. The molecule has 0 saturated carbocycles. The quantitative estimate of drug-likeness (QED) is 0.733. The summed E-state index contributed by atoms with van der Waals surface area (Å²) in [6, 6.07) is 4.78. The molecule has 7 nitrogen and oxygen atoms in total. The Labute approximate surface area is 114 Å². The summed E-state index contributed by atoms with van der Waals surface area (Å²) in [5.74, 6) is -1.75. The van der Waals surface area contributed by atoms with Gasteiger partial charge in [0.05, 0.1) is 11.3 Å². The number of benzene rings is 1. The monoisotopic (exact) mass is 275 g/mol. The number of phenols is 1. The van der Waals surface area contributed by atoms with E-state index in [4.69, 9.17) is 5.11 Å². The Morgan fingerprint density at radius 3 is 2.75 bits per heavy atom. The van der Waals surface area contributed by atoms with E-state index in [9.17, 15) is 14.7 Å². The van der Waals surface area contributed by atoms with Crippen molar-refractivity contribution in [3.05, 3.63) is 42.2 Å². The number of aromatic nitrogens is 2. The maximum absolute atomic E-state index is 12.0. The Balaban J connectivity index is 2.19. The summed E-state index contributed by atoms with van der Waals surface area (Å²) in [7, 11) is 0. The fourth-order valence-corrected chi connectivity index (χ4v) is 1.64. The van der Waals surface area contributed by atoms with Crippen molar-refractivity contribution in [1.82, 2.24) is 9.78 Å². The number of carbonyl (C=O) groups is 2. The zero-order valence-electron chi connectivity index (χ0n) is 10.6. The van der Waals surface area contributed by atoms with Crippen molar-refractivity contribution < 1.29 is 19.8 Å². The van der Waals surface area contributed by atoms with Gasteiger partial charge < -0.3 is 15.5 Å². The molecule has 1 aromatic carbocycles. The molecule has 1 unspecified atom stereocenters. The molecule has 0 aliphatic heterocycles. The maximum atomic E-state index is 12.0. The van der Waals surface area contributed by atoms with E-state index >= 15 is 0 Å². The van der Waals surface area contributed by atoms with Gasteiger partial charge in [-0.1, -0.05) is 0 Å². The van der Waals surface area contributed by atoms with Gasteiger partial charge in [-0.15, -0.1) is 0 Å². The first-order valence-corrected chi connectivity index (χ1v) is 5.85. The molecule has 7 heteroatoms. The van der Waals surface area contributed by atoms with Gasteiger partial charge in [-0.05, 0) is 31.2 Å². The van der Waals surface area contributed by atoms with Gasteiger partial charge in [0.25, 0.3) is 0 Å². The van der Waals surface area contributed by atoms with Gasteiger partial charge in [0.15, 0.2) is 0 Å². The number of carbonyl (C=O) groups excluding carboxylic acids is 1. The van der Waals surface area contributed by atoms with Crippen molar-refractivity contribution in [2.45, 2.75) is 13.0 Å². The minimum Gasteiger partial charge on any atom is -0.506 e. The van der Waals surface area contributed by atoms with E-state index in [0.717, 1.165) is 0 Å². The number of hydrogen-bond acceptors (Lipinski definition) is 4. The van der Waals surface area contributed by atoms with Crippen LogP contribution in [0.15, 0.2) is 36.7 Å². The molecule has 1 amide bonds. The summed E-state index contributed by atoms with van der Waals surface area (Å²) in [5, 5.41) is 25.0. The standard InChI is InChI=1S/C13H13N3O4/c1-8(16-6-2-5-14-16)12(18)15-10-7-9(13(19)20)3-4-11(10)17/h2-8,17H,1H3,(H,15,18)(H,19,20). The third kappa shape index (κ3) is 2.77. The Morgan fingerprint density at radius 1 is 1.40 bits per heavy atom. The number of nitrogens with zero attached hydrogens (tertiary/aromatic N) is 2. The molecule has 2 rings (SSSR count). The third-order valence-corrected chi connectivity index (χ3v) is 2.80. The van der Waals surface area contributed by atoms with Gasteiger partial charge >= 0.3 is 5.97 Å². The van der Waals surface area contributed by atoms with Crippen molar-refractivity contribution in [1.29, 1.82) is 0 Å². The van der Waals surface area contributed by atoms with E-state index in [2.05, 4.69) is 10.4 Å². The number of rotatable bonds is 4. The molecule has 1 aromatic heterocycles. The molecular formula is C13H13N3O4. The first-order valence-electron chi connectivity index (χ1n) is 5.85. The van der Waals surface area contributed by atoms with E-state index in [1.165, 1.54) is 22.9 Å². The lowest BCUT2D eigenvalue weighted by atomic mass is 10.2. The molecule has 0 aliphatic carbocycles. The van der Waals surface area contributed by atoms with Crippen molar-refractivity contribution in [2.24, 2.45) is 0 Å². The Hall–Kier alpha value is -2.83. The first-order chi connectivity index (χ1) is 9.49. The molecule has 0 spiro atoms. The predicted octanol–water partition coefficient (Wildman–Crippen LogP) is 1.49.